The van der Waals surface area contributed by atoms with Gasteiger partial charge in [0.2, 0.25) is 5.91 Å². The molecule has 0 radical (unpaired) electrons. The van der Waals surface area contributed by atoms with E-state index in [1.807, 2.05) is 18.2 Å². The third-order valence-corrected chi connectivity index (χ3v) is 3.45. The van der Waals surface area contributed by atoms with Gasteiger partial charge in [0.1, 0.15) is 0 Å². The minimum Gasteiger partial charge on any atom is -0.366 e. The largest absolute Gasteiger partial charge is 0.366 e. The molecule has 3 rings (SSSR count). The maximum Gasteiger partial charge on any atom is 0.226 e. The minimum atomic E-state index is 0.0532. The van der Waals surface area contributed by atoms with Gasteiger partial charge in [-0.1, -0.05) is 17.7 Å². The van der Waals surface area contributed by atoms with Crippen LogP contribution in [-0.2, 0) is 4.79 Å². The monoisotopic (exact) mass is 236 g/mol. The molecule has 1 aromatic carbocycles. The van der Waals surface area contributed by atoms with Gasteiger partial charge in [0.05, 0.1) is 16.4 Å². The van der Waals surface area contributed by atoms with E-state index < -0.39 is 0 Å². The van der Waals surface area contributed by atoms with Crippen LogP contribution in [0.25, 0.3) is 0 Å². The van der Waals surface area contributed by atoms with Crippen LogP contribution in [0.2, 0.25) is 5.02 Å². The van der Waals surface area contributed by atoms with Crippen LogP contribution >= 0.6 is 11.6 Å². The maximum absolute atomic E-state index is 11.6. The number of rotatable bonds is 1. The van der Waals surface area contributed by atoms with Gasteiger partial charge < -0.3 is 10.2 Å². The van der Waals surface area contributed by atoms with E-state index in [4.69, 9.17) is 11.6 Å². The standard InChI is InChI=1S/C12H13ClN2O/c13-9-2-1-3-10-12(9)14-11(16)6-7-15(10)8-4-5-8/h1-3,8H,4-7H2,(H,14,16). The molecule has 1 heterocycles. The number of carbonyl (C=O) groups is 1. The molecule has 0 bridgehead atoms. The number of anilines is 2. The van der Waals surface area contributed by atoms with E-state index in [0.717, 1.165) is 17.9 Å². The molecule has 4 heteroatoms. The summed E-state index contributed by atoms with van der Waals surface area (Å²) in [5.74, 6) is 0.0532. The summed E-state index contributed by atoms with van der Waals surface area (Å²) in [7, 11) is 0. The molecule has 1 aliphatic carbocycles. The highest BCUT2D eigenvalue weighted by Crippen LogP contribution is 2.40. The number of carbonyl (C=O) groups excluding carboxylic acids is 1. The van der Waals surface area contributed by atoms with Crippen molar-refractivity contribution in [2.45, 2.75) is 25.3 Å². The van der Waals surface area contributed by atoms with Gasteiger partial charge in [-0.15, -0.1) is 0 Å². The fraction of sp³-hybridized carbons (Fsp3) is 0.417. The fourth-order valence-electron chi connectivity index (χ4n) is 2.19. The smallest absolute Gasteiger partial charge is 0.226 e. The summed E-state index contributed by atoms with van der Waals surface area (Å²) in [4.78, 5) is 13.9. The zero-order valence-corrected chi connectivity index (χ0v) is 9.63. The average molecular weight is 237 g/mol. The van der Waals surface area contributed by atoms with Crippen molar-refractivity contribution in [1.29, 1.82) is 0 Å². The number of amides is 1. The highest BCUT2D eigenvalue weighted by atomic mass is 35.5. The van der Waals surface area contributed by atoms with Gasteiger partial charge in [-0.2, -0.15) is 0 Å². The van der Waals surface area contributed by atoms with E-state index in [9.17, 15) is 4.79 Å². The van der Waals surface area contributed by atoms with Crippen molar-refractivity contribution in [3.63, 3.8) is 0 Å². The van der Waals surface area contributed by atoms with Crippen molar-refractivity contribution in [2.75, 3.05) is 16.8 Å². The molecule has 0 saturated heterocycles. The SMILES string of the molecule is O=C1CCN(C2CC2)c2cccc(Cl)c2N1. The van der Waals surface area contributed by atoms with E-state index in [1.165, 1.54) is 12.8 Å². The molecule has 1 amide bonds. The third-order valence-electron chi connectivity index (χ3n) is 3.13. The van der Waals surface area contributed by atoms with E-state index in [-0.39, 0.29) is 5.91 Å². The number of hydrogen-bond acceptors (Lipinski definition) is 2. The summed E-state index contributed by atoms with van der Waals surface area (Å²) in [6.07, 6.45) is 2.99. The molecule has 0 unspecified atom stereocenters. The Morgan fingerprint density at radius 1 is 1.38 bits per heavy atom. The predicted molar refractivity (Wildman–Crippen MR) is 65.1 cm³/mol. The Hall–Kier alpha value is -1.22. The molecule has 3 nitrogen and oxygen atoms in total. The van der Waals surface area contributed by atoms with Crippen LogP contribution in [0, 0.1) is 0 Å². The average Bonchev–Trinajstić information content (AvgIpc) is 3.05. The quantitative estimate of drug-likeness (QED) is 0.813. The first-order chi connectivity index (χ1) is 7.75. The van der Waals surface area contributed by atoms with Crippen molar-refractivity contribution in [2.24, 2.45) is 0 Å². The number of nitrogens with zero attached hydrogens (tertiary/aromatic N) is 1. The topological polar surface area (TPSA) is 32.3 Å². The molecule has 2 aliphatic rings. The molecule has 1 fully saturated rings. The highest BCUT2D eigenvalue weighted by Gasteiger charge is 2.32. The second kappa shape index (κ2) is 3.67. The molecule has 1 N–H and O–H groups in total. The van der Waals surface area contributed by atoms with Crippen molar-refractivity contribution in [3.05, 3.63) is 23.2 Å². The lowest BCUT2D eigenvalue weighted by Crippen LogP contribution is -2.26. The molecule has 1 aromatic rings. The molecule has 1 saturated carbocycles. The van der Waals surface area contributed by atoms with Crippen LogP contribution in [0.3, 0.4) is 0 Å². The van der Waals surface area contributed by atoms with Crippen molar-refractivity contribution >= 4 is 28.9 Å². The van der Waals surface area contributed by atoms with Crippen molar-refractivity contribution < 1.29 is 4.79 Å². The van der Waals surface area contributed by atoms with Crippen LogP contribution in [0.15, 0.2) is 18.2 Å². The number of hydrogen-bond donors (Lipinski definition) is 1. The molecule has 16 heavy (non-hydrogen) atoms. The van der Waals surface area contributed by atoms with Gasteiger partial charge in [-0.3, -0.25) is 4.79 Å². The van der Waals surface area contributed by atoms with Crippen LogP contribution in [-0.4, -0.2) is 18.5 Å². The summed E-state index contributed by atoms with van der Waals surface area (Å²) < 4.78 is 0. The fourth-order valence-corrected chi connectivity index (χ4v) is 2.40. The Bertz CT molecular complexity index is 443. The van der Waals surface area contributed by atoms with E-state index in [0.29, 0.717) is 17.5 Å². The first kappa shape index (κ1) is 9.97. The number of para-hydroxylation sites is 1. The summed E-state index contributed by atoms with van der Waals surface area (Å²) in [6.45, 7) is 0.795. The lowest BCUT2D eigenvalue weighted by molar-refractivity contribution is -0.115. The lowest BCUT2D eigenvalue weighted by Gasteiger charge is -2.24. The second-order valence-electron chi connectivity index (χ2n) is 4.36. The molecule has 0 atom stereocenters. The lowest BCUT2D eigenvalue weighted by atomic mass is 10.2. The van der Waals surface area contributed by atoms with Crippen LogP contribution in [0.1, 0.15) is 19.3 Å². The van der Waals surface area contributed by atoms with Gasteiger partial charge in [-0.05, 0) is 25.0 Å². The Balaban J connectivity index is 2.07. The van der Waals surface area contributed by atoms with Crippen molar-refractivity contribution in [3.8, 4) is 0 Å². The van der Waals surface area contributed by atoms with E-state index in [1.54, 1.807) is 0 Å². The van der Waals surface area contributed by atoms with E-state index >= 15 is 0 Å². The molecule has 1 aliphatic heterocycles. The number of halogens is 1. The Morgan fingerprint density at radius 2 is 2.19 bits per heavy atom. The van der Waals surface area contributed by atoms with Crippen molar-refractivity contribution in [1.82, 2.24) is 0 Å². The Kier molecular flexibility index (Phi) is 2.28. The summed E-state index contributed by atoms with van der Waals surface area (Å²) in [6, 6.07) is 6.39. The number of fused-ring (bicyclic) bond motifs is 1. The molecule has 84 valence electrons. The van der Waals surface area contributed by atoms with Gasteiger partial charge in [0, 0.05) is 19.0 Å². The van der Waals surface area contributed by atoms with E-state index in [2.05, 4.69) is 10.2 Å². The van der Waals surface area contributed by atoms with Crippen LogP contribution in [0.5, 0.6) is 0 Å². The van der Waals surface area contributed by atoms with Crippen LogP contribution < -0.4 is 10.2 Å². The first-order valence-electron chi connectivity index (χ1n) is 5.61. The predicted octanol–water partition coefficient (Wildman–Crippen LogP) is 2.65. The summed E-state index contributed by atoms with van der Waals surface area (Å²) in [5.41, 5.74) is 1.85. The normalized spacial score (nSPS) is 20.1. The maximum atomic E-state index is 11.6. The molecular weight excluding hydrogens is 224 g/mol. The zero-order chi connectivity index (χ0) is 11.1. The first-order valence-corrected chi connectivity index (χ1v) is 5.98. The third kappa shape index (κ3) is 1.65. The van der Waals surface area contributed by atoms with Gasteiger partial charge in [0.25, 0.3) is 0 Å². The van der Waals surface area contributed by atoms with Gasteiger partial charge >= 0.3 is 0 Å². The number of benzene rings is 1. The molecule has 0 aromatic heterocycles. The summed E-state index contributed by atoms with van der Waals surface area (Å²) in [5, 5.41) is 3.51. The highest BCUT2D eigenvalue weighted by molar-refractivity contribution is 6.34. The number of nitrogens with one attached hydrogen (secondary N) is 1. The Labute approximate surface area is 99.4 Å². The molecular formula is C12H13ClN2O. The minimum absolute atomic E-state index is 0.0532. The van der Waals surface area contributed by atoms with Gasteiger partial charge in [0.15, 0.2) is 0 Å². The zero-order valence-electron chi connectivity index (χ0n) is 8.87. The Morgan fingerprint density at radius 3 is 2.94 bits per heavy atom. The van der Waals surface area contributed by atoms with Gasteiger partial charge in [-0.25, -0.2) is 0 Å². The van der Waals surface area contributed by atoms with Crippen LogP contribution in [0.4, 0.5) is 11.4 Å². The summed E-state index contributed by atoms with van der Waals surface area (Å²) >= 11 is 6.13. The molecule has 0 spiro atoms. The second-order valence-corrected chi connectivity index (χ2v) is 4.76.